The highest BCUT2D eigenvalue weighted by molar-refractivity contribution is 7.10. The minimum absolute atomic E-state index is 0.0913. The van der Waals surface area contributed by atoms with Gasteiger partial charge in [-0.2, -0.15) is 0 Å². The first-order valence-corrected chi connectivity index (χ1v) is 10.4. The molecule has 146 valence electrons. The normalized spacial score (nSPS) is 10.5. The number of carbonyl (C=O) groups excluding carboxylic acids is 2. The largest absolute Gasteiger partial charge is 0.334 e. The second-order valence-electron chi connectivity index (χ2n) is 6.07. The highest BCUT2D eigenvalue weighted by Gasteiger charge is 2.16. The first-order chi connectivity index (χ1) is 13.6. The predicted octanol–water partition coefficient (Wildman–Crippen LogP) is 3.98. The summed E-state index contributed by atoms with van der Waals surface area (Å²) in [7, 11) is 0. The zero-order chi connectivity index (χ0) is 19.8. The number of carbonyl (C=O) groups is 2. The summed E-state index contributed by atoms with van der Waals surface area (Å²) < 4.78 is 12.9. The highest BCUT2D eigenvalue weighted by Crippen LogP contribution is 2.17. The molecule has 5 nitrogen and oxygen atoms in total. The van der Waals surface area contributed by atoms with Crippen molar-refractivity contribution in [2.45, 2.75) is 19.6 Å². The van der Waals surface area contributed by atoms with Crippen LogP contribution in [0.25, 0.3) is 0 Å². The molecule has 3 aromatic rings. The molecule has 0 fully saturated rings. The van der Waals surface area contributed by atoms with Crippen LogP contribution in [0, 0.1) is 5.82 Å². The van der Waals surface area contributed by atoms with Crippen molar-refractivity contribution in [3.05, 3.63) is 80.4 Å². The van der Waals surface area contributed by atoms with Crippen LogP contribution >= 0.6 is 22.7 Å². The number of halogens is 1. The molecule has 28 heavy (non-hydrogen) atoms. The fourth-order valence-corrected chi connectivity index (χ4v) is 3.97. The third-order valence-corrected chi connectivity index (χ3v) is 5.70. The zero-order valence-electron chi connectivity index (χ0n) is 15.1. The van der Waals surface area contributed by atoms with Gasteiger partial charge < -0.3 is 15.5 Å². The Balaban J connectivity index is 1.50. The summed E-state index contributed by atoms with van der Waals surface area (Å²) in [6.45, 7) is 1.18. The van der Waals surface area contributed by atoms with Gasteiger partial charge in [-0.25, -0.2) is 9.18 Å². The van der Waals surface area contributed by atoms with E-state index in [4.69, 9.17) is 0 Å². The van der Waals surface area contributed by atoms with E-state index in [0.717, 1.165) is 15.3 Å². The van der Waals surface area contributed by atoms with Gasteiger partial charge in [-0.3, -0.25) is 4.79 Å². The fourth-order valence-electron chi connectivity index (χ4n) is 2.53. The molecule has 0 aliphatic heterocycles. The van der Waals surface area contributed by atoms with Crippen molar-refractivity contribution in [1.29, 1.82) is 0 Å². The number of urea groups is 1. The molecule has 8 heteroatoms. The summed E-state index contributed by atoms with van der Waals surface area (Å²) in [5, 5.41) is 9.21. The van der Waals surface area contributed by atoms with E-state index in [2.05, 4.69) is 10.6 Å². The van der Waals surface area contributed by atoms with Crippen LogP contribution in [0.4, 0.5) is 9.18 Å². The van der Waals surface area contributed by atoms with Crippen LogP contribution in [-0.4, -0.2) is 23.4 Å². The maximum atomic E-state index is 12.9. The van der Waals surface area contributed by atoms with Crippen LogP contribution in [-0.2, 0) is 24.4 Å². The summed E-state index contributed by atoms with van der Waals surface area (Å²) in [4.78, 5) is 28.6. The minimum atomic E-state index is -0.440. The third-order valence-electron chi connectivity index (χ3n) is 3.97. The first-order valence-electron chi connectivity index (χ1n) is 8.69. The Kier molecular flexibility index (Phi) is 7.16. The molecular formula is C20H20FN3O2S2. The van der Waals surface area contributed by atoms with E-state index >= 15 is 0 Å². The Morgan fingerprint density at radius 3 is 2.04 bits per heavy atom. The van der Waals surface area contributed by atoms with Gasteiger partial charge in [-0.15, -0.1) is 22.7 Å². The second kappa shape index (κ2) is 10.0. The van der Waals surface area contributed by atoms with E-state index in [-0.39, 0.29) is 24.8 Å². The summed E-state index contributed by atoms with van der Waals surface area (Å²) in [6, 6.07) is 13.3. The van der Waals surface area contributed by atoms with Crippen LogP contribution < -0.4 is 10.6 Å². The highest BCUT2D eigenvalue weighted by atomic mass is 32.1. The van der Waals surface area contributed by atoms with Gasteiger partial charge in [-0.1, -0.05) is 24.3 Å². The Morgan fingerprint density at radius 2 is 1.50 bits per heavy atom. The van der Waals surface area contributed by atoms with Crippen molar-refractivity contribution in [2.75, 3.05) is 6.54 Å². The fraction of sp³-hybridized carbons (Fsp3) is 0.200. The second-order valence-corrected chi connectivity index (χ2v) is 8.14. The van der Waals surface area contributed by atoms with Gasteiger partial charge in [0.15, 0.2) is 0 Å². The number of rotatable bonds is 8. The van der Waals surface area contributed by atoms with Crippen molar-refractivity contribution in [3.8, 4) is 0 Å². The van der Waals surface area contributed by atoms with Gasteiger partial charge in [0.2, 0.25) is 5.91 Å². The summed E-state index contributed by atoms with van der Waals surface area (Å²) in [6.07, 6.45) is 0. The lowest BCUT2D eigenvalue weighted by Gasteiger charge is -2.22. The standard InChI is InChI=1S/C20H20FN3O2S2/c21-16-7-5-15(6-8-16)11-22-20(26)23-12-19(25)24(13-17-3-1-9-27-17)14-18-4-2-10-28-18/h1-10H,11-14H2,(H2,22,23,26). The molecule has 3 amide bonds. The van der Waals surface area contributed by atoms with Crippen LogP contribution in [0.1, 0.15) is 15.3 Å². The van der Waals surface area contributed by atoms with Crippen molar-refractivity contribution < 1.29 is 14.0 Å². The van der Waals surface area contributed by atoms with Crippen molar-refractivity contribution in [2.24, 2.45) is 0 Å². The molecule has 2 N–H and O–H groups in total. The van der Waals surface area contributed by atoms with Gasteiger partial charge >= 0.3 is 6.03 Å². The Labute approximate surface area is 170 Å². The maximum Gasteiger partial charge on any atom is 0.315 e. The van der Waals surface area contributed by atoms with Gasteiger partial charge in [0.25, 0.3) is 0 Å². The maximum absolute atomic E-state index is 12.9. The SMILES string of the molecule is O=C(NCC(=O)N(Cc1cccs1)Cc1cccs1)NCc1ccc(F)cc1. The molecule has 3 rings (SSSR count). The molecule has 0 saturated heterocycles. The van der Waals surface area contributed by atoms with Crippen LogP contribution in [0.15, 0.2) is 59.3 Å². The summed E-state index contributed by atoms with van der Waals surface area (Å²) >= 11 is 3.19. The molecular weight excluding hydrogens is 397 g/mol. The van der Waals surface area contributed by atoms with Gasteiger partial charge in [0.05, 0.1) is 19.6 Å². The monoisotopic (exact) mass is 417 g/mol. The van der Waals surface area contributed by atoms with Gasteiger partial charge in [0.1, 0.15) is 5.82 Å². The number of amides is 3. The van der Waals surface area contributed by atoms with Crippen molar-refractivity contribution >= 4 is 34.6 Å². The molecule has 0 aliphatic rings. The number of benzene rings is 1. The van der Waals surface area contributed by atoms with E-state index in [9.17, 15) is 14.0 Å². The number of nitrogens with zero attached hydrogens (tertiary/aromatic N) is 1. The average Bonchev–Trinajstić information content (AvgIpc) is 3.39. The molecule has 0 bridgehead atoms. The molecule has 0 spiro atoms. The van der Waals surface area contributed by atoms with E-state index in [1.54, 1.807) is 39.7 Å². The number of thiophene rings is 2. The number of hydrogen-bond acceptors (Lipinski definition) is 4. The minimum Gasteiger partial charge on any atom is -0.334 e. The lowest BCUT2D eigenvalue weighted by atomic mass is 10.2. The predicted molar refractivity (Wildman–Crippen MR) is 110 cm³/mol. The van der Waals surface area contributed by atoms with Crippen LogP contribution in [0.3, 0.4) is 0 Å². The first kappa shape index (κ1) is 20.0. The molecule has 2 aromatic heterocycles. The molecule has 0 saturated carbocycles. The molecule has 0 radical (unpaired) electrons. The van der Waals surface area contributed by atoms with Crippen LogP contribution in [0.2, 0.25) is 0 Å². The molecule has 0 aliphatic carbocycles. The van der Waals surface area contributed by atoms with E-state index in [1.165, 1.54) is 12.1 Å². The zero-order valence-corrected chi connectivity index (χ0v) is 16.7. The quantitative estimate of drug-likeness (QED) is 0.582. The number of nitrogens with one attached hydrogen (secondary N) is 2. The van der Waals surface area contributed by atoms with Gasteiger partial charge in [-0.05, 0) is 40.6 Å². The molecule has 0 unspecified atom stereocenters. The Bertz CT molecular complexity index is 845. The van der Waals surface area contributed by atoms with Crippen molar-refractivity contribution in [3.63, 3.8) is 0 Å². The van der Waals surface area contributed by atoms with E-state index in [0.29, 0.717) is 13.1 Å². The third kappa shape index (κ3) is 6.17. The average molecular weight is 418 g/mol. The van der Waals surface area contributed by atoms with E-state index < -0.39 is 6.03 Å². The molecule has 0 atom stereocenters. The van der Waals surface area contributed by atoms with Gasteiger partial charge in [0, 0.05) is 16.3 Å². The lowest BCUT2D eigenvalue weighted by molar-refractivity contribution is -0.131. The topological polar surface area (TPSA) is 61.4 Å². The summed E-state index contributed by atoms with van der Waals surface area (Å²) in [5.41, 5.74) is 0.778. The van der Waals surface area contributed by atoms with Crippen molar-refractivity contribution in [1.82, 2.24) is 15.5 Å². The smallest absolute Gasteiger partial charge is 0.315 e. The lowest BCUT2D eigenvalue weighted by Crippen LogP contribution is -2.43. The molecule has 2 heterocycles. The molecule has 1 aromatic carbocycles. The Morgan fingerprint density at radius 1 is 0.893 bits per heavy atom. The van der Waals surface area contributed by atoms with E-state index in [1.807, 2.05) is 35.0 Å². The Hall–Kier alpha value is -2.71. The van der Waals surface area contributed by atoms with Crippen LogP contribution in [0.5, 0.6) is 0 Å². The summed E-state index contributed by atoms with van der Waals surface area (Å²) in [5.74, 6) is -0.478. The number of hydrogen-bond donors (Lipinski definition) is 2.